The molecule has 0 bridgehead atoms. The molecule has 2 N–H and O–H groups in total. The highest BCUT2D eigenvalue weighted by Crippen LogP contribution is 2.17. The van der Waals surface area contributed by atoms with Crippen LogP contribution in [0.1, 0.15) is 17.9 Å². The lowest BCUT2D eigenvalue weighted by Gasteiger charge is -2.23. The maximum absolute atomic E-state index is 11.9. The average Bonchev–Trinajstić information content (AvgIpc) is 3.03. The molecule has 0 saturated carbocycles. The summed E-state index contributed by atoms with van der Waals surface area (Å²) in [5, 5.41) is 9.88. The molecule has 112 valence electrons. The molecule has 1 unspecified atom stereocenters. The number of aromatic nitrogens is 4. The first-order valence-corrected chi connectivity index (χ1v) is 7.17. The van der Waals surface area contributed by atoms with Gasteiger partial charge >= 0.3 is 6.03 Å². The fourth-order valence-corrected chi connectivity index (χ4v) is 2.62. The molecule has 21 heavy (non-hydrogen) atoms. The molecule has 0 fully saturated rings. The molecule has 7 nitrogen and oxygen atoms in total. The highest BCUT2D eigenvalue weighted by molar-refractivity contribution is 5.88. The van der Waals surface area contributed by atoms with Crippen molar-refractivity contribution in [2.75, 3.05) is 11.9 Å². The molecule has 7 heteroatoms. The number of hydrogen-bond acceptors (Lipinski definition) is 3. The van der Waals surface area contributed by atoms with Crippen LogP contribution < -0.4 is 10.6 Å². The predicted molar refractivity (Wildman–Crippen MR) is 79.0 cm³/mol. The van der Waals surface area contributed by atoms with E-state index in [-0.39, 0.29) is 6.03 Å². The molecular weight excluding hydrogens is 268 g/mol. The lowest BCUT2D eigenvalue weighted by Crippen LogP contribution is -2.36. The third-order valence-corrected chi connectivity index (χ3v) is 3.94. The monoisotopic (exact) mass is 288 g/mol. The number of urea groups is 1. The number of fused-ring (bicyclic) bond motifs is 1. The maximum Gasteiger partial charge on any atom is 0.320 e. The Morgan fingerprint density at radius 3 is 3.14 bits per heavy atom. The van der Waals surface area contributed by atoms with Gasteiger partial charge in [-0.2, -0.15) is 5.10 Å². The summed E-state index contributed by atoms with van der Waals surface area (Å²) in [7, 11) is 1.85. The van der Waals surface area contributed by atoms with Gasteiger partial charge in [0.05, 0.1) is 0 Å². The number of amides is 2. The largest absolute Gasteiger partial charge is 0.337 e. The molecule has 2 amide bonds. The van der Waals surface area contributed by atoms with Crippen LogP contribution in [0.5, 0.6) is 0 Å². The van der Waals surface area contributed by atoms with Crippen molar-refractivity contribution in [3.63, 3.8) is 0 Å². The quantitative estimate of drug-likeness (QED) is 0.894. The summed E-state index contributed by atoms with van der Waals surface area (Å²) in [5.74, 6) is 2.16. The Balaban J connectivity index is 1.48. The van der Waals surface area contributed by atoms with Crippen molar-refractivity contribution in [2.45, 2.75) is 26.3 Å². The summed E-state index contributed by atoms with van der Waals surface area (Å²) in [6.45, 7) is 3.52. The fourth-order valence-electron chi connectivity index (χ4n) is 2.62. The number of carbonyl (C=O) groups is 1. The minimum Gasteiger partial charge on any atom is -0.337 e. The first kappa shape index (κ1) is 13.7. The number of imidazole rings is 1. The number of aryl methyl sites for hydroxylation is 3. The lowest BCUT2D eigenvalue weighted by atomic mass is 9.99. The van der Waals surface area contributed by atoms with Gasteiger partial charge in [0, 0.05) is 50.7 Å². The van der Waals surface area contributed by atoms with Crippen molar-refractivity contribution in [3.05, 3.63) is 30.0 Å². The Morgan fingerprint density at radius 1 is 1.52 bits per heavy atom. The van der Waals surface area contributed by atoms with E-state index in [1.165, 1.54) is 0 Å². The van der Waals surface area contributed by atoms with Crippen LogP contribution in [-0.2, 0) is 20.0 Å². The standard InChI is InChI=1S/C14H20N6O/c1-10-7-12(18-19(10)2)17-14(21)16-8-11-3-4-13-15-5-6-20(13)9-11/h5-7,11H,3-4,8-9H2,1-2H3,(H2,16,17,18,21). The number of carbonyl (C=O) groups excluding carboxylic acids is 1. The van der Waals surface area contributed by atoms with Crippen molar-refractivity contribution in [1.29, 1.82) is 0 Å². The third-order valence-electron chi connectivity index (χ3n) is 3.94. The zero-order valence-corrected chi connectivity index (χ0v) is 12.3. The Bertz CT molecular complexity index is 624. The van der Waals surface area contributed by atoms with E-state index in [1.54, 1.807) is 4.68 Å². The second-order valence-electron chi connectivity index (χ2n) is 5.53. The Morgan fingerprint density at radius 2 is 2.38 bits per heavy atom. The van der Waals surface area contributed by atoms with Gasteiger partial charge in [-0.05, 0) is 19.3 Å². The highest BCUT2D eigenvalue weighted by Gasteiger charge is 2.19. The van der Waals surface area contributed by atoms with E-state index >= 15 is 0 Å². The van der Waals surface area contributed by atoms with Crippen LogP contribution in [0.15, 0.2) is 18.5 Å². The van der Waals surface area contributed by atoms with E-state index in [0.717, 1.165) is 30.9 Å². The molecule has 0 saturated heterocycles. The highest BCUT2D eigenvalue weighted by atomic mass is 16.2. The Kier molecular flexibility index (Phi) is 3.64. The summed E-state index contributed by atoms with van der Waals surface area (Å²) >= 11 is 0. The van der Waals surface area contributed by atoms with Crippen LogP contribution in [-0.4, -0.2) is 31.9 Å². The van der Waals surface area contributed by atoms with Gasteiger partial charge in [-0.1, -0.05) is 0 Å². The molecule has 0 spiro atoms. The molecule has 1 atom stereocenters. The number of nitrogens with zero attached hydrogens (tertiary/aromatic N) is 4. The van der Waals surface area contributed by atoms with E-state index in [2.05, 4.69) is 25.3 Å². The van der Waals surface area contributed by atoms with E-state index < -0.39 is 0 Å². The van der Waals surface area contributed by atoms with Gasteiger partial charge in [-0.3, -0.25) is 10.00 Å². The zero-order valence-electron chi connectivity index (χ0n) is 12.3. The molecule has 0 aromatic carbocycles. The summed E-state index contributed by atoms with van der Waals surface area (Å²) < 4.78 is 3.90. The summed E-state index contributed by atoms with van der Waals surface area (Å²) in [6.07, 6.45) is 5.86. The number of nitrogens with one attached hydrogen (secondary N) is 2. The number of anilines is 1. The van der Waals surface area contributed by atoms with Crippen molar-refractivity contribution >= 4 is 11.8 Å². The topological polar surface area (TPSA) is 76.8 Å². The minimum absolute atomic E-state index is 0.204. The molecule has 1 aliphatic heterocycles. The molecule has 0 radical (unpaired) electrons. The van der Waals surface area contributed by atoms with Crippen LogP contribution in [0.25, 0.3) is 0 Å². The SMILES string of the molecule is Cc1cc(NC(=O)NCC2CCc3nccn3C2)nn1C. The Labute approximate surface area is 123 Å². The Hall–Kier alpha value is -2.31. The number of rotatable bonds is 3. The summed E-state index contributed by atoms with van der Waals surface area (Å²) in [5.41, 5.74) is 1.00. The van der Waals surface area contributed by atoms with Gasteiger partial charge in [0.2, 0.25) is 0 Å². The smallest absolute Gasteiger partial charge is 0.320 e. The third kappa shape index (κ3) is 3.07. The average molecular weight is 288 g/mol. The van der Waals surface area contributed by atoms with Gasteiger partial charge in [0.15, 0.2) is 5.82 Å². The first-order valence-electron chi connectivity index (χ1n) is 7.17. The van der Waals surface area contributed by atoms with E-state index in [9.17, 15) is 4.79 Å². The predicted octanol–water partition coefficient (Wildman–Crippen LogP) is 1.31. The van der Waals surface area contributed by atoms with Gasteiger partial charge in [0.25, 0.3) is 0 Å². The zero-order chi connectivity index (χ0) is 14.8. The van der Waals surface area contributed by atoms with Crippen LogP contribution in [0, 0.1) is 12.8 Å². The van der Waals surface area contributed by atoms with Crippen LogP contribution in [0.4, 0.5) is 10.6 Å². The fraction of sp³-hybridized carbons (Fsp3) is 0.500. The van der Waals surface area contributed by atoms with Crippen LogP contribution in [0.2, 0.25) is 0 Å². The van der Waals surface area contributed by atoms with Crippen LogP contribution >= 0.6 is 0 Å². The second-order valence-corrected chi connectivity index (χ2v) is 5.53. The van der Waals surface area contributed by atoms with Crippen LogP contribution in [0.3, 0.4) is 0 Å². The first-order chi connectivity index (χ1) is 10.1. The van der Waals surface area contributed by atoms with Crippen molar-refractivity contribution in [1.82, 2.24) is 24.6 Å². The molecule has 1 aliphatic rings. The van der Waals surface area contributed by atoms with Gasteiger partial charge in [-0.25, -0.2) is 9.78 Å². The van der Waals surface area contributed by atoms with E-state index in [1.807, 2.05) is 32.4 Å². The van der Waals surface area contributed by atoms with E-state index in [4.69, 9.17) is 0 Å². The molecule has 3 heterocycles. The van der Waals surface area contributed by atoms with Gasteiger partial charge < -0.3 is 9.88 Å². The van der Waals surface area contributed by atoms with Gasteiger partial charge in [-0.15, -0.1) is 0 Å². The maximum atomic E-state index is 11.9. The molecule has 2 aromatic heterocycles. The van der Waals surface area contributed by atoms with E-state index in [0.29, 0.717) is 18.3 Å². The van der Waals surface area contributed by atoms with Gasteiger partial charge in [0.1, 0.15) is 5.82 Å². The number of hydrogen-bond donors (Lipinski definition) is 2. The normalized spacial score (nSPS) is 17.3. The summed E-state index contributed by atoms with van der Waals surface area (Å²) in [4.78, 5) is 16.2. The second kappa shape index (κ2) is 5.59. The van der Waals surface area contributed by atoms with Crippen molar-refractivity contribution in [2.24, 2.45) is 13.0 Å². The molecule has 3 rings (SSSR count). The lowest BCUT2D eigenvalue weighted by molar-refractivity contribution is 0.247. The molecular formula is C14H20N6O. The van der Waals surface area contributed by atoms with Crippen molar-refractivity contribution < 1.29 is 4.79 Å². The van der Waals surface area contributed by atoms with Crippen molar-refractivity contribution in [3.8, 4) is 0 Å². The minimum atomic E-state index is -0.204. The molecule has 0 aliphatic carbocycles. The summed E-state index contributed by atoms with van der Waals surface area (Å²) in [6, 6.07) is 1.64. The molecule has 2 aromatic rings.